The minimum Gasteiger partial charge on any atom is -0.508 e. The molecule has 0 amide bonds. The third kappa shape index (κ3) is 4.58. The lowest BCUT2D eigenvalue weighted by atomic mass is 9.79. The van der Waals surface area contributed by atoms with Gasteiger partial charge in [0.05, 0.1) is 11.6 Å². The van der Waals surface area contributed by atoms with E-state index < -0.39 is 0 Å². The van der Waals surface area contributed by atoms with Crippen molar-refractivity contribution in [1.29, 1.82) is 0 Å². The molecule has 0 atom stereocenters. The van der Waals surface area contributed by atoms with Crippen LogP contribution in [0.2, 0.25) is 5.02 Å². The Labute approximate surface area is 221 Å². The van der Waals surface area contributed by atoms with Gasteiger partial charge in [-0.05, 0) is 126 Å². The van der Waals surface area contributed by atoms with Crippen molar-refractivity contribution < 1.29 is 9.84 Å². The number of phenols is 1. The van der Waals surface area contributed by atoms with Crippen LogP contribution in [0.25, 0.3) is 33.0 Å². The van der Waals surface area contributed by atoms with E-state index in [0.29, 0.717) is 17.3 Å². The first-order valence-electron chi connectivity index (χ1n) is 13.0. The smallest absolute Gasteiger partial charge is 0.119 e. The SMILES string of the molecule is O=Nc1ccc2c(c1)CCc1c-2c(Cl)c2ccc(O)cc2c1-c1cccc(OCCCN2CCCC2)c1. The summed E-state index contributed by atoms with van der Waals surface area (Å²) in [5, 5.41) is 16.0. The Bertz CT molecular complexity index is 1490. The molecular weight excluding hydrogens is 484 g/mol. The van der Waals surface area contributed by atoms with Gasteiger partial charge in [0.25, 0.3) is 0 Å². The van der Waals surface area contributed by atoms with Crippen LogP contribution in [0, 0.1) is 4.91 Å². The molecule has 2 aliphatic rings. The number of ether oxygens (including phenoxy) is 1. The minimum absolute atomic E-state index is 0.206. The first kappa shape index (κ1) is 24.0. The molecule has 188 valence electrons. The molecule has 6 rings (SSSR count). The fourth-order valence-corrected chi connectivity index (χ4v) is 6.30. The number of phenolic OH excluding ortho intramolecular Hbond substituents is 1. The van der Waals surface area contributed by atoms with Gasteiger partial charge in [-0.1, -0.05) is 29.8 Å². The van der Waals surface area contributed by atoms with Crippen molar-refractivity contribution in [1.82, 2.24) is 4.90 Å². The van der Waals surface area contributed by atoms with Gasteiger partial charge in [0.2, 0.25) is 0 Å². The molecule has 0 aromatic heterocycles. The minimum atomic E-state index is 0.206. The molecular formula is C31H29ClN2O3. The number of fused-ring (bicyclic) bond motifs is 4. The number of benzene rings is 4. The topological polar surface area (TPSA) is 62.1 Å². The van der Waals surface area contributed by atoms with E-state index in [1.807, 2.05) is 30.3 Å². The van der Waals surface area contributed by atoms with Gasteiger partial charge < -0.3 is 14.7 Å². The number of rotatable bonds is 7. The summed E-state index contributed by atoms with van der Waals surface area (Å²) in [6, 6.07) is 19.1. The summed E-state index contributed by atoms with van der Waals surface area (Å²) in [7, 11) is 0. The third-order valence-corrected chi connectivity index (χ3v) is 8.04. The van der Waals surface area contributed by atoms with E-state index in [1.165, 1.54) is 25.9 Å². The maximum atomic E-state index is 11.1. The number of aryl methyl sites for hydroxylation is 1. The van der Waals surface area contributed by atoms with Crippen molar-refractivity contribution in [2.75, 3.05) is 26.2 Å². The number of halogens is 1. The first-order valence-corrected chi connectivity index (χ1v) is 13.4. The van der Waals surface area contributed by atoms with E-state index in [0.717, 1.165) is 75.7 Å². The second-order valence-corrected chi connectivity index (χ2v) is 10.4. The third-order valence-electron chi connectivity index (χ3n) is 7.65. The molecule has 1 N–H and O–H groups in total. The molecule has 37 heavy (non-hydrogen) atoms. The summed E-state index contributed by atoms with van der Waals surface area (Å²) in [4.78, 5) is 13.6. The van der Waals surface area contributed by atoms with Gasteiger partial charge >= 0.3 is 0 Å². The molecule has 1 heterocycles. The molecule has 1 saturated heterocycles. The van der Waals surface area contributed by atoms with Crippen molar-refractivity contribution in [2.24, 2.45) is 5.18 Å². The van der Waals surface area contributed by atoms with Gasteiger partial charge in [-0.25, -0.2) is 0 Å². The zero-order valence-corrected chi connectivity index (χ0v) is 21.4. The molecule has 0 radical (unpaired) electrons. The van der Waals surface area contributed by atoms with Gasteiger partial charge in [-0.3, -0.25) is 0 Å². The highest BCUT2D eigenvalue weighted by molar-refractivity contribution is 6.39. The number of nitrogens with zero attached hydrogens (tertiary/aromatic N) is 2. The van der Waals surface area contributed by atoms with Crippen LogP contribution in [0.4, 0.5) is 5.69 Å². The lowest BCUT2D eigenvalue weighted by molar-refractivity contribution is 0.263. The van der Waals surface area contributed by atoms with Crippen molar-refractivity contribution in [3.8, 4) is 33.8 Å². The Morgan fingerprint density at radius 1 is 0.946 bits per heavy atom. The Morgan fingerprint density at radius 3 is 2.65 bits per heavy atom. The van der Waals surface area contributed by atoms with Crippen molar-refractivity contribution >= 4 is 28.1 Å². The molecule has 6 heteroatoms. The van der Waals surface area contributed by atoms with Crippen LogP contribution in [0.1, 0.15) is 30.4 Å². The van der Waals surface area contributed by atoms with Gasteiger partial charge in [0.1, 0.15) is 17.2 Å². The van der Waals surface area contributed by atoms with E-state index in [-0.39, 0.29) is 5.75 Å². The van der Waals surface area contributed by atoms with Crippen LogP contribution in [-0.2, 0) is 12.8 Å². The van der Waals surface area contributed by atoms with E-state index in [1.54, 1.807) is 18.2 Å². The second kappa shape index (κ2) is 10.2. The number of aromatic hydroxyl groups is 1. The molecule has 0 saturated carbocycles. The molecule has 1 fully saturated rings. The van der Waals surface area contributed by atoms with Gasteiger partial charge in [0, 0.05) is 17.5 Å². The number of likely N-dealkylation sites (tertiary alicyclic amines) is 1. The molecule has 0 unspecified atom stereocenters. The second-order valence-electron chi connectivity index (χ2n) is 9.98. The lowest BCUT2D eigenvalue weighted by Crippen LogP contribution is -2.21. The van der Waals surface area contributed by atoms with Crippen molar-refractivity contribution in [3.05, 3.63) is 81.7 Å². The largest absolute Gasteiger partial charge is 0.508 e. The summed E-state index contributed by atoms with van der Waals surface area (Å²) >= 11 is 7.05. The monoisotopic (exact) mass is 512 g/mol. The normalized spacial score (nSPS) is 14.9. The Morgan fingerprint density at radius 2 is 1.81 bits per heavy atom. The van der Waals surface area contributed by atoms with Crippen molar-refractivity contribution in [2.45, 2.75) is 32.1 Å². The zero-order chi connectivity index (χ0) is 25.4. The fraction of sp³-hybridized carbons (Fsp3) is 0.290. The van der Waals surface area contributed by atoms with Gasteiger partial charge in [0.15, 0.2) is 0 Å². The molecule has 0 bridgehead atoms. The van der Waals surface area contributed by atoms with Crippen LogP contribution in [-0.4, -0.2) is 36.2 Å². The highest BCUT2D eigenvalue weighted by Crippen LogP contribution is 2.49. The highest BCUT2D eigenvalue weighted by Gasteiger charge is 2.26. The summed E-state index contributed by atoms with van der Waals surface area (Å²) < 4.78 is 6.17. The van der Waals surface area contributed by atoms with Crippen LogP contribution >= 0.6 is 11.6 Å². The first-order chi connectivity index (χ1) is 18.1. The molecule has 5 nitrogen and oxygen atoms in total. The fourth-order valence-electron chi connectivity index (χ4n) is 5.92. The quantitative estimate of drug-likeness (QED) is 0.202. The zero-order valence-electron chi connectivity index (χ0n) is 20.7. The predicted octanol–water partition coefficient (Wildman–Crippen LogP) is 7.89. The van der Waals surface area contributed by atoms with Gasteiger partial charge in [-0.2, -0.15) is 0 Å². The average molecular weight is 513 g/mol. The standard InChI is InChI=1S/C31H29ClN2O3/c32-31-26-12-9-23(35)19-28(26)29(27-10-7-20-17-22(33-36)8-11-25(20)30(27)31)21-5-3-6-24(18-21)37-16-4-15-34-13-1-2-14-34/h3,5-6,8-9,11-12,17-19,35H,1-2,4,7,10,13-16H2. The maximum Gasteiger partial charge on any atom is 0.119 e. The number of nitroso groups, excluding NO2 is 1. The van der Waals surface area contributed by atoms with Gasteiger partial charge in [-0.15, -0.1) is 4.91 Å². The summed E-state index contributed by atoms with van der Waals surface area (Å²) in [5.74, 6) is 1.05. The summed E-state index contributed by atoms with van der Waals surface area (Å²) in [5.41, 5.74) is 6.78. The maximum absolute atomic E-state index is 11.1. The Balaban J connectivity index is 1.42. The predicted molar refractivity (Wildman–Crippen MR) is 150 cm³/mol. The molecule has 0 spiro atoms. The van der Waals surface area contributed by atoms with E-state index in [2.05, 4.69) is 22.2 Å². The molecule has 1 aliphatic heterocycles. The van der Waals surface area contributed by atoms with E-state index >= 15 is 0 Å². The number of hydrogen-bond acceptors (Lipinski definition) is 5. The summed E-state index contributed by atoms with van der Waals surface area (Å²) in [6.45, 7) is 4.16. The molecule has 1 aliphatic carbocycles. The van der Waals surface area contributed by atoms with Crippen molar-refractivity contribution in [3.63, 3.8) is 0 Å². The molecule has 4 aromatic carbocycles. The van der Waals surface area contributed by atoms with Crippen LogP contribution in [0.3, 0.4) is 0 Å². The number of hydrogen-bond donors (Lipinski definition) is 1. The Hall–Kier alpha value is -3.41. The van der Waals surface area contributed by atoms with E-state index in [4.69, 9.17) is 16.3 Å². The molecule has 4 aromatic rings. The average Bonchev–Trinajstić information content (AvgIpc) is 3.44. The van der Waals surface area contributed by atoms with E-state index in [9.17, 15) is 10.0 Å². The summed E-state index contributed by atoms with van der Waals surface area (Å²) in [6.07, 6.45) is 5.17. The van der Waals surface area contributed by atoms with Crippen LogP contribution < -0.4 is 4.74 Å². The Kier molecular flexibility index (Phi) is 6.58. The highest BCUT2D eigenvalue weighted by atomic mass is 35.5. The lowest BCUT2D eigenvalue weighted by Gasteiger charge is -2.26. The van der Waals surface area contributed by atoms with Crippen LogP contribution in [0.5, 0.6) is 11.5 Å². The van der Waals surface area contributed by atoms with Crippen LogP contribution in [0.15, 0.2) is 65.8 Å².